The fraction of sp³-hybridized carbons (Fsp3) is 0.296. The molecule has 13 heteroatoms. The number of nitriles is 1. The van der Waals surface area contributed by atoms with Gasteiger partial charge in [0.2, 0.25) is 5.91 Å². The first-order valence-corrected chi connectivity index (χ1v) is 14.9. The second-order valence-electron chi connectivity index (χ2n) is 9.08. The number of alkyl halides is 3. The van der Waals surface area contributed by atoms with E-state index in [4.69, 9.17) is 4.98 Å². The van der Waals surface area contributed by atoms with Gasteiger partial charge < -0.3 is 4.90 Å². The largest absolute Gasteiger partial charge is 0.419 e. The third-order valence-corrected chi connectivity index (χ3v) is 8.98. The molecular formula is C27H24F4N4O3S2. The maximum Gasteiger partial charge on any atom is 0.419 e. The normalized spacial score (nSPS) is 12.8. The first-order chi connectivity index (χ1) is 18.8. The monoisotopic (exact) mass is 592 g/mol. The van der Waals surface area contributed by atoms with Crippen molar-refractivity contribution in [3.05, 3.63) is 82.2 Å². The molecule has 210 valence electrons. The number of fused-ring (bicyclic) bond motifs is 1. The number of nitrogens with zero attached hydrogens (tertiary/aromatic N) is 4. The minimum Gasteiger partial charge on any atom is -0.333 e. The second-order valence-corrected chi connectivity index (χ2v) is 12.4. The fourth-order valence-electron chi connectivity index (χ4n) is 4.32. The van der Waals surface area contributed by atoms with Crippen molar-refractivity contribution < 1.29 is 30.8 Å². The Morgan fingerprint density at radius 2 is 1.90 bits per heavy atom. The van der Waals surface area contributed by atoms with Crippen LogP contribution in [0.3, 0.4) is 0 Å². The third-order valence-electron chi connectivity index (χ3n) is 6.53. The maximum absolute atomic E-state index is 13.8. The predicted octanol–water partition coefficient (Wildman–Crippen LogP) is 5.66. The lowest BCUT2D eigenvalue weighted by Gasteiger charge is -2.29. The smallest absolute Gasteiger partial charge is 0.333 e. The van der Waals surface area contributed by atoms with Gasteiger partial charge in [-0.25, -0.2) is 17.8 Å². The van der Waals surface area contributed by atoms with Crippen LogP contribution in [0.1, 0.15) is 42.3 Å². The lowest BCUT2D eigenvalue weighted by atomic mass is 10.0. The molecule has 1 amide bonds. The molecule has 0 aliphatic heterocycles. The van der Waals surface area contributed by atoms with E-state index in [1.165, 1.54) is 23.2 Å². The highest BCUT2D eigenvalue weighted by molar-refractivity contribution is 7.91. The van der Waals surface area contributed by atoms with Crippen LogP contribution in [0.25, 0.3) is 16.2 Å². The molecule has 1 atom stereocenters. The zero-order chi connectivity index (χ0) is 29.2. The van der Waals surface area contributed by atoms with Crippen molar-refractivity contribution in [3.63, 3.8) is 0 Å². The van der Waals surface area contributed by atoms with E-state index >= 15 is 0 Å². The Morgan fingerprint density at radius 3 is 2.52 bits per heavy atom. The van der Waals surface area contributed by atoms with Gasteiger partial charge >= 0.3 is 6.18 Å². The van der Waals surface area contributed by atoms with Gasteiger partial charge in [0.15, 0.2) is 14.8 Å². The van der Waals surface area contributed by atoms with Crippen LogP contribution in [0.4, 0.5) is 17.6 Å². The maximum atomic E-state index is 13.8. The molecule has 2 aromatic heterocycles. The summed E-state index contributed by atoms with van der Waals surface area (Å²) in [5, 5.41) is 11.0. The van der Waals surface area contributed by atoms with Gasteiger partial charge in [0.25, 0.3) is 0 Å². The standard InChI is InChI=1S/C27H24F4N4O3S2/c1-3-40(37,38)13-11-34(23(36)15-19-6-9-22(28)21(14-19)27(29,30)31)17(2)24-25(35-10-12-39-26(35)33-24)20-7-4-18(16-32)5-8-20/h4-10,12,14,17H,3,11,13,15H2,1-2H3/t17-/m1/s1. The molecule has 0 aliphatic rings. The van der Waals surface area contributed by atoms with E-state index < -0.39 is 45.8 Å². The Morgan fingerprint density at radius 1 is 1.20 bits per heavy atom. The number of sulfone groups is 1. The van der Waals surface area contributed by atoms with Crippen molar-refractivity contribution in [2.24, 2.45) is 0 Å². The summed E-state index contributed by atoms with van der Waals surface area (Å²) in [5.74, 6) is -2.59. The lowest BCUT2D eigenvalue weighted by molar-refractivity contribution is -0.140. The average molecular weight is 593 g/mol. The number of imidazole rings is 1. The lowest BCUT2D eigenvalue weighted by Crippen LogP contribution is -2.38. The fourth-order valence-corrected chi connectivity index (χ4v) is 5.81. The number of rotatable bonds is 9. The van der Waals surface area contributed by atoms with Crippen LogP contribution in [0.15, 0.2) is 54.0 Å². The Kier molecular flexibility index (Phi) is 8.32. The van der Waals surface area contributed by atoms with Crippen LogP contribution in [0.2, 0.25) is 0 Å². The van der Waals surface area contributed by atoms with E-state index in [1.807, 2.05) is 9.78 Å². The van der Waals surface area contributed by atoms with Gasteiger partial charge in [-0.05, 0) is 36.8 Å². The number of hydrogen-bond acceptors (Lipinski definition) is 6. The van der Waals surface area contributed by atoms with Gasteiger partial charge in [-0.15, -0.1) is 11.3 Å². The molecule has 0 radical (unpaired) electrons. The first-order valence-electron chi connectivity index (χ1n) is 12.2. The second kappa shape index (κ2) is 11.4. The molecule has 0 saturated heterocycles. The number of hydrogen-bond donors (Lipinski definition) is 0. The predicted molar refractivity (Wildman–Crippen MR) is 143 cm³/mol. The molecule has 40 heavy (non-hydrogen) atoms. The van der Waals surface area contributed by atoms with Gasteiger partial charge in [-0.3, -0.25) is 9.20 Å². The Hall–Kier alpha value is -3.76. The van der Waals surface area contributed by atoms with E-state index in [-0.39, 0.29) is 23.6 Å². The van der Waals surface area contributed by atoms with Crippen molar-refractivity contribution in [1.82, 2.24) is 14.3 Å². The summed E-state index contributed by atoms with van der Waals surface area (Å²) in [7, 11) is -3.50. The van der Waals surface area contributed by atoms with Crippen molar-refractivity contribution in [1.29, 1.82) is 5.26 Å². The average Bonchev–Trinajstić information content (AvgIpc) is 3.51. The number of amides is 1. The van der Waals surface area contributed by atoms with Crippen LogP contribution in [0.5, 0.6) is 0 Å². The van der Waals surface area contributed by atoms with Crippen molar-refractivity contribution in [2.45, 2.75) is 32.5 Å². The molecule has 4 rings (SSSR count). The quantitative estimate of drug-likeness (QED) is 0.234. The highest BCUT2D eigenvalue weighted by Gasteiger charge is 2.35. The number of halogens is 4. The van der Waals surface area contributed by atoms with Gasteiger partial charge in [0.05, 0.1) is 46.8 Å². The van der Waals surface area contributed by atoms with Crippen LogP contribution >= 0.6 is 11.3 Å². The Labute approximate surface area is 232 Å². The van der Waals surface area contributed by atoms with Crippen LogP contribution in [0, 0.1) is 17.1 Å². The molecule has 7 nitrogen and oxygen atoms in total. The molecule has 2 aromatic carbocycles. The molecule has 0 unspecified atom stereocenters. The molecule has 0 N–H and O–H groups in total. The van der Waals surface area contributed by atoms with E-state index in [1.54, 1.807) is 37.4 Å². The molecule has 0 aliphatic carbocycles. The molecular weight excluding hydrogens is 568 g/mol. The summed E-state index contributed by atoms with van der Waals surface area (Å²) >= 11 is 1.35. The summed E-state index contributed by atoms with van der Waals surface area (Å²) in [6.45, 7) is 2.93. The molecule has 0 saturated carbocycles. The van der Waals surface area contributed by atoms with E-state index in [0.29, 0.717) is 39.6 Å². The minimum atomic E-state index is -4.94. The summed E-state index contributed by atoms with van der Waals surface area (Å²) < 4.78 is 80.1. The Bertz CT molecular complexity index is 1690. The first kappa shape index (κ1) is 29.2. The van der Waals surface area contributed by atoms with Gasteiger partial charge in [0, 0.05) is 29.4 Å². The number of aromatic nitrogens is 2. The topological polar surface area (TPSA) is 95.5 Å². The highest BCUT2D eigenvalue weighted by atomic mass is 32.2. The number of carbonyl (C=O) groups excluding carboxylic acids is 1. The summed E-state index contributed by atoms with van der Waals surface area (Å²) in [4.78, 5) is 20.1. The van der Waals surface area contributed by atoms with Gasteiger partial charge in [-0.1, -0.05) is 25.1 Å². The van der Waals surface area contributed by atoms with Crippen molar-refractivity contribution in [3.8, 4) is 17.3 Å². The molecule has 2 heterocycles. The zero-order valence-corrected chi connectivity index (χ0v) is 23.1. The number of thiazole rings is 1. The van der Waals surface area contributed by atoms with E-state index in [2.05, 4.69) is 6.07 Å². The molecule has 4 aromatic rings. The summed E-state index contributed by atoms with van der Waals surface area (Å²) in [6, 6.07) is 10.4. The van der Waals surface area contributed by atoms with Crippen LogP contribution < -0.4 is 0 Å². The molecule has 0 spiro atoms. The highest BCUT2D eigenvalue weighted by Crippen LogP contribution is 2.35. The third kappa shape index (κ3) is 6.18. The van der Waals surface area contributed by atoms with Gasteiger partial charge in [-0.2, -0.15) is 18.4 Å². The number of carbonyl (C=O) groups is 1. The van der Waals surface area contributed by atoms with Crippen molar-refractivity contribution >= 4 is 32.0 Å². The van der Waals surface area contributed by atoms with Crippen LogP contribution in [-0.2, 0) is 27.2 Å². The van der Waals surface area contributed by atoms with E-state index in [0.717, 1.165) is 6.07 Å². The SMILES string of the molecule is CCS(=O)(=O)CCN(C(=O)Cc1ccc(F)c(C(F)(F)F)c1)[C@H](C)c1nc2sccn2c1-c1ccc(C#N)cc1. The van der Waals surface area contributed by atoms with Crippen LogP contribution in [-0.4, -0.2) is 46.7 Å². The summed E-state index contributed by atoms with van der Waals surface area (Å²) in [5.41, 5.74) is 0.687. The minimum absolute atomic E-state index is 0.0626. The van der Waals surface area contributed by atoms with E-state index in [9.17, 15) is 36.0 Å². The molecule has 0 fully saturated rings. The Balaban J connectivity index is 1.75. The van der Waals surface area contributed by atoms with Gasteiger partial charge in [0.1, 0.15) is 5.82 Å². The van der Waals surface area contributed by atoms with Crippen molar-refractivity contribution in [2.75, 3.05) is 18.1 Å². The molecule has 0 bridgehead atoms. The number of benzene rings is 2. The summed E-state index contributed by atoms with van der Waals surface area (Å²) in [6.07, 6.45) is -3.65. The zero-order valence-electron chi connectivity index (χ0n) is 21.4.